The maximum atomic E-state index is 11.9. The lowest BCUT2D eigenvalue weighted by Crippen LogP contribution is -2.41. The third kappa shape index (κ3) is 2.56. The molecular weight excluding hydrogens is 254 g/mol. The number of nitrogens with one attached hydrogen (secondary N) is 1. The van der Waals surface area contributed by atoms with Crippen molar-refractivity contribution in [2.24, 2.45) is 5.92 Å². The highest BCUT2D eigenvalue weighted by atomic mass is 32.2. The Morgan fingerprint density at radius 3 is 3.22 bits per heavy atom. The molecule has 1 aliphatic rings. The van der Waals surface area contributed by atoms with Gasteiger partial charge in [0.1, 0.15) is 0 Å². The molecule has 0 spiro atoms. The fraction of sp³-hybridized carbons (Fsp3) is 0.545. The van der Waals surface area contributed by atoms with Crippen LogP contribution in [-0.4, -0.2) is 39.5 Å². The summed E-state index contributed by atoms with van der Waals surface area (Å²) in [5, 5.41) is 12.0. The van der Waals surface area contributed by atoms with Crippen LogP contribution in [0.3, 0.4) is 0 Å². The van der Waals surface area contributed by atoms with Crippen LogP contribution < -0.4 is 10.9 Å². The van der Waals surface area contributed by atoms with Crippen LogP contribution in [-0.2, 0) is 11.3 Å². The van der Waals surface area contributed by atoms with Gasteiger partial charge in [-0.3, -0.25) is 14.2 Å². The lowest BCUT2D eigenvalue weighted by atomic mass is 10.1. The summed E-state index contributed by atoms with van der Waals surface area (Å²) in [6.45, 7) is 2.23. The molecule has 0 saturated carbocycles. The van der Waals surface area contributed by atoms with Crippen LogP contribution in [0.5, 0.6) is 0 Å². The minimum atomic E-state index is -0.254. The van der Waals surface area contributed by atoms with Gasteiger partial charge in [0, 0.05) is 30.6 Å². The number of carbonyl (C=O) groups is 1. The van der Waals surface area contributed by atoms with Crippen molar-refractivity contribution in [2.75, 3.05) is 18.9 Å². The van der Waals surface area contributed by atoms with E-state index in [1.807, 2.05) is 0 Å². The van der Waals surface area contributed by atoms with E-state index >= 15 is 0 Å². The Bertz CT molecular complexity index is 515. The molecule has 1 aliphatic heterocycles. The van der Waals surface area contributed by atoms with Crippen LogP contribution in [0, 0.1) is 12.8 Å². The summed E-state index contributed by atoms with van der Waals surface area (Å²) in [5.74, 6) is 0.221. The van der Waals surface area contributed by atoms with Crippen LogP contribution in [0.1, 0.15) is 5.56 Å². The second-order valence-electron chi connectivity index (χ2n) is 4.16. The van der Waals surface area contributed by atoms with Crippen molar-refractivity contribution in [2.45, 2.75) is 18.6 Å². The number of nitrogens with zero attached hydrogens (tertiary/aromatic N) is 2. The van der Waals surface area contributed by atoms with Crippen molar-refractivity contribution in [3.8, 4) is 0 Å². The molecule has 2 heterocycles. The minimum Gasteiger partial charge on any atom is -0.395 e. The maximum Gasteiger partial charge on any atom is 0.257 e. The number of hydrogen-bond acceptors (Lipinski definition) is 5. The number of aliphatic hydroxyl groups excluding tert-OH is 1. The van der Waals surface area contributed by atoms with Crippen LogP contribution in [0.15, 0.2) is 16.1 Å². The molecule has 0 bridgehead atoms. The Labute approximate surface area is 108 Å². The number of aliphatic hydroxyl groups is 1. The zero-order valence-corrected chi connectivity index (χ0v) is 10.9. The summed E-state index contributed by atoms with van der Waals surface area (Å²) in [5.41, 5.74) is 0.489. The van der Waals surface area contributed by atoms with E-state index in [1.54, 1.807) is 17.7 Å². The molecule has 0 radical (unpaired) electrons. The summed E-state index contributed by atoms with van der Waals surface area (Å²) in [6, 6.07) is 0. The Balaban J connectivity index is 2.16. The number of aryl methyl sites for hydroxylation is 1. The van der Waals surface area contributed by atoms with Gasteiger partial charge in [-0.2, -0.15) is 0 Å². The monoisotopic (exact) mass is 269 g/mol. The highest BCUT2D eigenvalue weighted by molar-refractivity contribution is 7.99. The van der Waals surface area contributed by atoms with Gasteiger partial charge in [0.25, 0.3) is 5.56 Å². The molecule has 2 rings (SSSR count). The van der Waals surface area contributed by atoms with Crippen molar-refractivity contribution >= 4 is 17.7 Å². The topological polar surface area (TPSA) is 84.2 Å². The van der Waals surface area contributed by atoms with Crippen molar-refractivity contribution < 1.29 is 9.90 Å². The number of fused-ring (bicyclic) bond motifs is 1. The Morgan fingerprint density at radius 2 is 2.50 bits per heavy atom. The molecule has 1 atom stereocenters. The van der Waals surface area contributed by atoms with E-state index in [0.29, 0.717) is 23.0 Å². The standard InChI is InChI=1S/C11H15N3O3S/c1-7-4-13-11-14(10(7)17)5-8(6-18-11)9(16)12-2-3-15/h4,8,15H,2-3,5-6H2,1H3,(H,12,16). The van der Waals surface area contributed by atoms with Gasteiger partial charge in [-0.25, -0.2) is 4.98 Å². The molecule has 18 heavy (non-hydrogen) atoms. The third-order valence-corrected chi connectivity index (χ3v) is 3.93. The van der Waals surface area contributed by atoms with Gasteiger partial charge in [-0.05, 0) is 6.92 Å². The summed E-state index contributed by atoms with van der Waals surface area (Å²) in [6.07, 6.45) is 1.56. The van der Waals surface area contributed by atoms with Crippen LogP contribution in [0.25, 0.3) is 0 Å². The fourth-order valence-corrected chi connectivity index (χ4v) is 2.83. The number of hydrogen-bond donors (Lipinski definition) is 2. The SMILES string of the molecule is Cc1cnc2n(c1=O)CC(C(=O)NCCO)CS2. The summed E-state index contributed by atoms with van der Waals surface area (Å²) in [7, 11) is 0. The highest BCUT2D eigenvalue weighted by Gasteiger charge is 2.26. The van der Waals surface area contributed by atoms with Gasteiger partial charge in [0.15, 0.2) is 5.16 Å². The average Bonchev–Trinajstić information content (AvgIpc) is 2.40. The van der Waals surface area contributed by atoms with E-state index in [-0.39, 0.29) is 30.5 Å². The first-order valence-electron chi connectivity index (χ1n) is 5.71. The Kier molecular flexibility index (Phi) is 4.03. The molecule has 0 aromatic carbocycles. The van der Waals surface area contributed by atoms with Crippen molar-refractivity contribution in [1.29, 1.82) is 0 Å². The Hall–Kier alpha value is -1.34. The normalized spacial score (nSPS) is 18.2. The lowest BCUT2D eigenvalue weighted by Gasteiger charge is -2.24. The third-order valence-electron chi connectivity index (χ3n) is 2.78. The number of rotatable bonds is 3. The van der Waals surface area contributed by atoms with E-state index in [4.69, 9.17) is 5.11 Å². The predicted octanol–water partition coefficient (Wildman–Crippen LogP) is -0.618. The molecular formula is C11H15N3O3S. The molecule has 0 fully saturated rings. The van der Waals surface area contributed by atoms with Gasteiger partial charge in [0.05, 0.1) is 12.5 Å². The Morgan fingerprint density at radius 1 is 1.72 bits per heavy atom. The fourth-order valence-electron chi connectivity index (χ4n) is 1.78. The maximum absolute atomic E-state index is 11.9. The molecule has 7 heteroatoms. The molecule has 0 saturated heterocycles. The second kappa shape index (κ2) is 5.53. The molecule has 98 valence electrons. The van der Waals surface area contributed by atoms with E-state index in [0.717, 1.165) is 0 Å². The van der Waals surface area contributed by atoms with Crippen molar-refractivity contribution in [3.05, 3.63) is 22.1 Å². The van der Waals surface area contributed by atoms with Gasteiger partial charge in [-0.1, -0.05) is 11.8 Å². The summed E-state index contributed by atoms with van der Waals surface area (Å²) < 4.78 is 1.55. The molecule has 6 nitrogen and oxygen atoms in total. The zero-order valence-electron chi connectivity index (χ0n) is 10.0. The van der Waals surface area contributed by atoms with Crippen molar-refractivity contribution in [3.63, 3.8) is 0 Å². The van der Waals surface area contributed by atoms with Crippen LogP contribution in [0.2, 0.25) is 0 Å². The zero-order chi connectivity index (χ0) is 13.1. The second-order valence-corrected chi connectivity index (χ2v) is 5.15. The first-order valence-corrected chi connectivity index (χ1v) is 6.70. The molecule has 1 unspecified atom stereocenters. The number of amides is 1. The number of aromatic nitrogens is 2. The van der Waals surface area contributed by atoms with Gasteiger partial charge >= 0.3 is 0 Å². The van der Waals surface area contributed by atoms with E-state index in [9.17, 15) is 9.59 Å². The van der Waals surface area contributed by atoms with Gasteiger partial charge in [0.2, 0.25) is 5.91 Å². The van der Waals surface area contributed by atoms with Crippen LogP contribution >= 0.6 is 11.8 Å². The van der Waals surface area contributed by atoms with Gasteiger partial charge < -0.3 is 10.4 Å². The summed E-state index contributed by atoms with van der Waals surface area (Å²) >= 11 is 1.41. The molecule has 0 aliphatic carbocycles. The molecule has 1 amide bonds. The number of thioether (sulfide) groups is 1. The molecule has 1 aromatic heterocycles. The van der Waals surface area contributed by atoms with E-state index in [2.05, 4.69) is 10.3 Å². The molecule has 1 aromatic rings. The first kappa shape index (κ1) is 13.1. The average molecular weight is 269 g/mol. The molecule has 2 N–H and O–H groups in total. The quantitative estimate of drug-likeness (QED) is 0.715. The largest absolute Gasteiger partial charge is 0.395 e. The first-order chi connectivity index (χ1) is 8.63. The van der Waals surface area contributed by atoms with E-state index < -0.39 is 0 Å². The van der Waals surface area contributed by atoms with Gasteiger partial charge in [-0.15, -0.1) is 0 Å². The minimum absolute atomic E-state index is 0.0806. The smallest absolute Gasteiger partial charge is 0.257 e. The van der Waals surface area contributed by atoms with Crippen molar-refractivity contribution in [1.82, 2.24) is 14.9 Å². The van der Waals surface area contributed by atoms with E-state index in [1.165, 1.54) is 11.8 Å². The predicted molar refractivity (Wildman–Crippen MR) is 67.5 cm³/mol. The number of carbonyl (C=O) groups excluding carboxylic acids is 1. The van der Waals surface area contributed by atoms with Crippen LogP contribution in [0.4, 0.5) is 0 Å². The highest BCUT2D eigenvalue weighted by Crippen LogP contribution is 2.24. The lowest BCUT2D eigenvalue weighted by molar-refractivity contribution is -0.125. The summed E-state index contributed by atoms with van der Waals surface area (Å²) in [4.78, 5) is 27.9.